The van der Waals surface area contributed by atoms with Gasteiger partial charge in [0.15, 0.2) is 0 Å². The van der Waals surface area contributed by atoms with E-state index in [-0.39, 0.29) is 31.2 Å². The van der Waals surface area contributed by atoms with Crippen molar-refractivity contribution in [2.45, 2.75) is 24.8 Å². The number of benzene rings is 1. The van der Waals surface area contributed by atoms with Gasteiger partial charge in [0.25, 0.3) is 0 Å². The molecule has 21 heavy (non-hydrogen) atoms. The Morgan fingerprint density at radius 3 is 2.43 bits per heavy atom. The molecule has 1 aliphatic heterocycles. The van der Waals surface area contributed by atoms with Crippen molar-refractivity contribution in [3.05, 3.63) is 29.8 Å². The average Bonchev–Trinajstić information content (AvgIpc) is 2.73. The van der Waals surface area contributed by atoms with Crippen LogP contribution in [-0.2, 0) is 20.4 Å². The molecule has 116 valence electrons. The van der Waals surface area contributed by atoms with E-state index in [2.05, 4.69) is 4.74 Å². The van der Waals surface area contributed by atoms with Gasteiger partial charge >= 0.3 is 6.61 Å². The minimum Gasteiger partial charge on any atom is -0.435 e. The predicted molar refractivity (Wildman–Crippen MR) is 71.7 cm³/mol. The lowest BCUT2D eigenvalue weighted by Gasteiger charge is -2.16. The van der Waals surface area contributed by atoms with E-state index < -0.39 is 20.9 Å². The maximum Gasteiger partial charge on any atom is 0.387 e. The highest BCUT2D eigenvalue weighted by Crippen LogP contribution is 2.23. The highest BCUT2D eigenvalue weighted by Gasteiger charge is 2.37. The van der Waals surface area contributed by atoms with E-state index >= 15 is 0 Å². The van der Waals surface area contributed by atoms with Crippen molar-refractivity contribution in [2.75, 3.05) is 6.54 Å². The molecular weight excluding hydrogens is 328 g/mol. The van der Waals surface area contributed by atoms with Crippen molar-refractivity contribution in [1.82, 2.24) is 4.90 Å². The van der Waals surface area contributed by atoms with E-state index in [9.17, 15) is 22.0 Å². The summed E-state index contributed by atoms with van der Waals surface area (Å²) < 4.78 is 50.7. The lowest BCUT2D eigenvalue weighted by atomic mass is 10.2. The molecule has 1 unspecified atom stereocenters. The van der Waals surface area contributed by atoms with Crippen LogP contribution in [0.1, 0.15) is 12.0 Å². The fraction of sp³-hybridized carbons (Fsp3) is 0.417. The Morgan fingerprint density at radius 1 is 1.33 bits per heavy atom. The van der Waals surface area contributed by atoms with E-state index in [1.165, 1.54) is 29.2 Å². The number of hydrogen-bond donors (Lipinski definition) is 0. The van der Waals surface area contributed by atoms with E-state index in [1.807, 2.05) is 0 Å². The molecule has 1 atom stereocenters. The lowest BCUT2D eigenvalue weighted by molar-refractivity contribution is -0.128. The first-order valence-electron chi connectivity index (χ1n) is 6.00. The third-order valence-electron chi connectivity index (χ3n) is 3.10. The van der Waals surface area contributed by atoms with Gasteiger partial charge in [-0.15, -0.1) is 0 Å². The molecule has 1 aromatic carbocycles. The SMILES string of the molecule is O=C1CC(S(=O)(=O)Cl)CN1Cc1ccc(OC(F)F)cc1. The molecule has 5 nitrogen and oxygen atoms in total. The van der Waals surface area contributed by atoms with E-state index in [0.717, 1.165) is 0 Å². The van der Waals surface area contributed by atoms with Crippen LogP contribution in [0, 0.1) is 0 Å². The smallest absolute Gasteiger partial charge is 0.387 e. The highest BCUT2D eigenvalue weighted by atomic mass is 35.7. The second-order valence-electron chi connectivity index (χ2n) is 4.60. The van der Waals surface area contributed by atoms with Crippen LogP contribution in [0.15, 0.2) is 24.3 Å². The van der Waals surface area contributed by atoms with Crippen molar-refractivity contribution in [3.8, 4) is 5.75 Å². The standard InChI is InChI=1S/C12H12ClF2NO4S/c13-21(18,19)10-5-11(17)16(7-10)6-8-1-3-9(4-2-8)20-12(14)15/h1-4,10,12H,5-7H2. The number of halogens is 3. The third-order valence-corrected chi connectivity index (χ3v) is 4.97. The van der Waals surface area contributed by atoms with Crippen LogP contribution in [0.4, 0.5) is 8.78 Å². The summed E-state index contributed by atoms with van der Waals surface area (Å²) in [4.78, 5) is 13.1. The number of amides is 1. The number of hydrogen-bond acceptors (Lipinski definition) is 4. The normalized spacial score (nSPS) is 19.3. The molecule has 1 aromatic rings. The Kier molecular flexibility index (Phi) is 4.67. The molecule has 1 heterocycles. The Labute approximate surface area is 124 Å². The van der Waals surface area contributed by atoms with Gasteiger partial charge in [0.1, 0.15) is 11.0 Å². The summed E-state index contributed by atoms with van der Waals surface area (Å²) in [6, 6.07) is 5.79. The van der Waals surface area contributed by atoms with Crippen molar-refractivity contribution >= 4 is 25.6 Å². The van der Waals surface area contributed by atoms with Crippen LogP contribution in [0.25, 0.3) is 0 Å². The van der Waals surface area contributed by atoms with Gasteiger partial charge in [0.2, 0.25) is 15.0 Å². The maximum absolute atomic E-state index is 12.0. The second kappa shape index (κ2) is 6.15. The summed E-state index contributed by atoms with van der Waals surface area (Å²) in [5.74, 6) is -0.292. The Morgan fingerprint density at radius 2 is 1.95 bits per heavy atom. The first kappa shape index (κ1) is 16.0. The zero-order chi connectivity index (χ0) is 15.6. The molecule has 0 aliphatic carbocycles. The molecule has 1 amide bonds. The number of nitrogens with zero attached hydrogens (tertiary/aromatic N) is 1. The number of rotatable bonds is 5. The van der Waals surface area contributed by atoms with Crippen LogP contribution in [-0.4, -0.2) is 37.6 Å². The Hall–Kier alpha value is -1.41. The topological polar surface area (TPSA) is 63.7 Å². The minimum absolute atomic E-state index is 0.0164. The van der Waals surface area contributed by atoms with Crippen LogP contribution in [0.5, 0.6) is 5.75 Å². The van der Waals surface area contributed by atoms with E-state index in [1.54, 1.807) is 0 Å². The van der Waals surface area contributed by atoms with Gasteiger partial charge in [0, 0.05) is 30.2 Å². The third kappa shape index (κ3) is 4.28. The molecular formula is C12H12ClF2NO4S. The summed E-state index contributed by atoms with van der Waals surface area (Å²) in [6.45, 7) is -2.68. The van der Waals surface area contributed by atoms with Gasteiger partial charge in [0.05, 0.1) is 0 Å². The van der Waals surface area contributed by atoms with Crippen molar-refractivity contribution < 1.29 is 26.7 Å². The fourth-order valence-electron chi connectivity index (χ4n) is 2.07. The summed E-state index contributed by atoms with van der Waals surface area (Å²) in [7, 11) is 1.47. The van der Waals surface area contributed by atoms with Crippen LogP contribution < -0.4 is 4.74 Å². The Balaban J connectivity index is 2.00. The second-order valence-corrected chi connectivity index (χ2v) is 7.51. The molecule has 2 rings (SSSR count). The number of carbonyl (C=O) groups is 1. The molecule has 0 spiro atoms. The zero-order valence-electron chi connectivity index (χ0n) is 10.7. The van der Waals surface area contributed by atoms with Gasteiger partial charge in [-0.3, -0.25) is 4.79 Å². The maximum atomic E-state index is 12.0. The summed E-state index contributed by atoms with van der Waals surface area (Å²) >= 11 is 0. The number of likely N-dealkylation sites (tertiary alicyclic amines) is 1. The monoisotopic (exact) mass is 339 g/mol. The molecule has 0 N–H and O–H groups in total. The molecule has 0 aromatic heterocycles. The van der Waals surface area contributed by atoms with Gasteiger partial charge in [-0.2, -0.15) is 8.78 Å². The van der Waals surface area contributed by atoms with Crippen LogP contribution in [0.2, 0.25) is 0 Å². The molecule has 1 saturated heterocycles. The van der Waals surface area contributed by atoms with Crippen molar-refractivity contribution in [1.29, 1.82) is 0 Å². The summed E-state index contributed by atoms with van der Waals surface area (Å²) in [5, 5.41) is -0.909. The molecule has 9 heteroatoms. The molecule has 0 radical (unpaired) electrons. The first-order chi connectivity index (χ1) is 9.75. The van der Waals surface area contributed by atoms with Crippen LogP contribution in [0.3, 0.4) is 0 Å². The number of ether oxygens (including phenoxy) is 1. The molecule has 1 aliphatic rings. The summed E-state index contributed by atoms with van der Waals surface area (Å²) in [6.07, 6.45) is -0.140. The van der Waals surface area contributed by atoms with Crippen molar-refractivity contribution in [3.63, 3.8) is 0 Å². The Bertz CT molecular complexity index is 621. The van der Waals surface area contributed by atoms with Crippen LogP contribution >= 0.6 is 10.7 Å². The minimum atomic E-state index is -3.77. The highest BCUT2D eigenvalue weighted by molar-refractivity contribution is 8.14. The van der Waals surface area contributed by atoms with E-state index in [0.29, 0.717) is 5.56 Å². The van der Waals surface area contributed by atoms with Gasteiger partial charge in [-0.1, -0.05) is 12.1 Å². The lowest BCUT2D eigenvalue weighted by Crippen LogP contribution is -2.26. The molecule has 0 saturated carbocycles. The van der Waals surface area contributed by atoms with Gasteiger partial charge < -0.3 is 9.64 Å². The molecule has 1 fully saturated rings. The fourth-order valence-corrected chi connectivity index (χ4v) is 3.13. The van der Waals surface area contributed by atoms with E-state index in [4.69, 9.17) is 10.7 Å². The quantitative estimate of drug-likeness (QED) is 0.769. The number of alkyl halides is 2. The average molecular weight is 340 g/mol. The van der Waals surface area contributed by atoms with Crippen molar-refractivity contribution in [2.24, 2.45) is 0 Å². The number of carbonyl (C=O) groups excluding carboxylic acids is 1. The predicted octanol–water partition coefficient (Wildman–Crippen LogP) is 1.96. The zero-order valence-corrected chi connectivity index (χ0v) is 12.3. The molecule has 0 bridgehead atoms. The van der Waals surface area contributed by atoms with Gasteiger partial charge in [-0.25, -0.2) is 8.42 Å². The summed E-state index contributed by atoms with van der Waals surface area (Å²) in [5.41, 5.74) is 0.678. The van der Waals surface area contributed by atoms with Gasteiger partial charge in [-0.05, 0) is 17.7 Å². The first-order valence-corrected chi connectivity index (χ1v) is 8.38. The largest absolute Gasteiger partial charge is 0.435 e.